The number of rotatable bonds is 6. The molecular weight excluding hydrogens is 268 g/mol. The molecule has 1 N–H and O–H groups in total. The van der Waals surface area contributed by atoms with Crippen molar-refractivity contribution in [2.24, 2.45) is 5.92 Å². The molecule has 0 saturated heterocycles. The summed E-state index contributed by atoms with van der Waals surface area (Å²) in [5.74, 6) is 0.107. The van der Waals surface area contributed by atoms with Crippen molar-refractivity contribution in [2.75, 3.05) is 18.5 Å². The van der Waals surface area contributed by atoms with E-state index in [4.69, 9.17) is 0 Å². The summed E-state index contributed by atoms with van der Waals surface area (Å²) in [7, 11) is 1.87. The number of nitrogens with one attached hydrogen (secondary N) is 1. The van der Waals surface area contributed by atoms with Crippen LogP contribution in [0.5, 0.6) is 0 Å². The highest BCUT2D eigenvalue weighted by molar-refractivity contribution is 7.07. The molecule has 20 heavy (non-hydrogen) atoms. The van der Waals surface area contributed by atoms with Gasteiger partial charge in [-0.1, -0.05) is 25.1 Å². The predicted octanol–water partition coefficient (Wildman–Crippen LogP) is 3.14. The molecule has 1 amide bonds. The van der Waals surface area contributed by atoms with Gasteiger partial charge in [-0.15, -0.1) is 0 Å². The molecule has 2 aromatic rings. The first-order valence-electron chi connectivity index (χ1n) is 6.74. The highest BCUT2D eigenvalue weighted by Gasteiger charge is 2.21. The molecule has 3 nitrogen and oxygen atoms in total. The van der Waals surface area contributed by atoms with E-state index in [2.05, 4.69) is 16.8 Å². The van der Waals surface area contributed by atoms with Crippen molar-refractivity contribution >= 4 is 22.9 Å². The number of benzene rings is 1. The minimum Gasteiger partial charge on any atom is -0.319 e. The van der Waals surface area contributed by atoms with Crippen molar-refractivity contribution in [1.29, 1.82) is 0 Å². The van der Waals surface area contributed by atoms with Gasteiger partial charge in [0.05, 0.1) is 6.54 Å². The fourth-order valence-corrected chi connectivity index (χ4v) is 2.79. The highest BCUT2D eigenvalue weighted by Crippen LogP contribution is 2.20. The van der Waals surface area contributed by atoms with E-state index in [1.165, 1.54) is 5.56 Å². The van der Waals surface area contributed by atoms with Crippen LogP contribution in [0.3, 0.4) is 0 Å². The van der Waals surface area contributed by atoms with Crippen LogP contribution in [0.1, 0.15) is 12.5 Å². The summed E-state index contributed by atoms with van der Waals surface area (Å²) in [6.07, 6.45) is 0. The maximum Gasteiger partial charge on any atom is 0.231 e. The minimum absolute atomic E-state index is 0.0427. The zero-order valence-electron chi connectivity index (χ0n) is 11.9. The standard InChI is InChI=1S/C16H20N2OS/c1-13(10-17-2)16(19)18(11-14-8-9-20-12-14)15-6-4-3-5-7-15/h3-9,12-13,17H,10-11H2,1-2H3. The van der Waals surface area contributed by atoms with Crippen LogP contribution in [-0.2, 0) is 11.3 Å². The van der Waals surface area contributed by atoms with E-state index in [1.54, 1.807) is 11.3 Å². The molecule has 0 radical (unpaired) electrons. The fraction of sp³-hybridized carbons (Fsp3) is 0.312. The molecule has 0 fully saturated rings. The number of hydrogen-bond acceptors (Lipinski definition) is 3. The lowest BCUT2D eigenvalue weighted by molar-refractivity contribution is -0.121. The quantitative estimate of drug-likeness (QED) is 0.885. The number of hydrogen-bond donors (Lipinski definition) is 1. The summed E-state index contributed by atoms with van der Waals surface area (Å²) in [5.41, 5.74) is 2.12. The van der Waals surface area contributed by atoms with Gasteiger partial charge in [0, 0.05) is 18.2 Å². The van der Waals surface area contributed by atoms with E-state index in [-0.39, 0.29) is 11.8 Å². The van der Waals surface area contributed by atoms with Gasteiger partial charge in [0.1, 0.15) is 0 Å². The fourth-order valence-electron chi connectivity index (χ4n) is 2.13. The van der Waals surface area contributed by atoms with Crippen molar-refractivity contribution in [1.82, 2.24) is 5.32 Å². The maximum atomic E-state index is 12.6. The van der Waals surface area contributed by atoms with Crippen molar-refractivity contribution in [3.05, 3.63) is 52.7 Å². The second-order valence-corrected chi connectivity index (χ2v) is 5.63. The molecular formula is C16H20N2OS. The van der Waals surface area contributed by atoms with Crippen molar-refractivity contribution < 1.29 is 4.79 Å². The van der Waals surface area contributed by atoms with Gasteiger partial charge in [-0.2, -0.15) is 11.3 Å². The number of thiophene rings is 1. The van der Waals surface area contributed by atoms with E-state index in [1.807, 2.05) is 54.6 Å². The van der Waals surface area contributed by atoms with Crippen LogP contribution < -0.4 is 10.2 Å². The average molecular weight is 288 g/mol. The molecule has 4 heteroatoms. The summed E-state index contributed by atoms with van der Waals surface area (Å²) < 4.78 is 0. The second kappa shape index (κ2) is 7.22. The lowest BCUT2D eigenvalue weighted by Crippen LogP contribution is -2.38. The third-order valence-electron chi connectivity index (χ3n) is 3.19. The molecule has 0 bridgehead atoms. The Morgan fingerprint density at radius 2 is 2.05 bits per heavy atom. The second-order valence-electron chi connectivity index (χ2n) is 4.85. The smallest absolute Gasteiger partial charge is 0.231 e. The molecule has 1 atom stereocenters. The van der Waals surface area contributed by atoms with Gasteiger partial charge in [-0.25, -0.2) is 0 Å². The summed E-state index contributed by atoms with van der Waals surface area (Å²) in [5, 5.41) is 7.20. The molecule has 1 aromatic heterocycles. The Kier molecular flexibility index (Phi) is 5.32. The molecule has 2 rings (SSSR count). The van der Waals surface area contributed by atoms with E-state index >= 15 is 0 Å². The number of carbonyl (C=O) groups is 1. The lowest BCUT2D eigenvalue weighted by atomic mass is 10.1. The van der Waals surface area contributed by atoms with Crippen molar-refractivity contribution in [2.45, 2.75) is 13.5 Å². The molecule has 0 aliphatic rings. The molecule has 0 aliphatic carbocycles. The van der Waals surface area contributed by atoms with E-state index in [0.717, 1.165) is 5.69 Å². The number of amides is 1. The van der Waals surface area contributed by atoms with Gasteiger partial charge < -0.3 is 10.2 Å². The summed E-state index contributed by atoms with van der Waals surface area (Å²) in [6.45, 7) is 3.27. The Balaban J connectivity index is 2.22. The van der Waals surface area contributed by atoms with Gasteiger partial charge >= 0.3 is 0 Å². The van der Waals surface area contributed by atoms with Crippen LogP contribution in [-0.4, -0.2) is 19.5 Å². The molecule has 1 unspecified atom stereocenters. The Hall–Kier alpha value is -1.65. The minimum atomic E-state index is -0.0427. The number of anilines is 1. The largest absolute Gasteiger partial charge is 0.319 e. The van der Waals surface area contributed by atoms with Gasteiger partial charge in [0.15, 0.2) is 0 Å². The third-order valence-corrected chi connectivity index (χ3v) is 3.92. The third kappa shape index (κ3) is 3.68. The number of carbonyl (C=O) groups excluding carboxylic acids is 1. The number of para-hydroxylation sites is 1. The highest BCUT2D eigenvalue weighted by atomic mass is 32.1. The van der Waals surface area contributed by atoms with Crippen molar-refractivity contribution in [3.8, 4) is 0 Å². The first-order valence-corrected chi connectivity index (χ1v) is 7.68. The van der Waals surface area contributed by atoms with Crippen LogP contribution in [0.2, 0.25) is 0 Å². The van der Waals surface area contributed by atoms with E-state index in [9.17, 15) is 4.79 Å². The van der Waals surface area contributed by atoms with Gasteiger partial charge in [0.2, 0.25) is 5.91 Å². The molecule has 1 heterocycles. The van der Waals surface area contributed by atoms with Gasteiger partial charge in [-0.3, -0.25) is 4.79 Å². The van der Waals surface area contributed by atoms with Crippen LogP contribution >= 0.6 is 11.3 Å². The van der Waals surface area contributed by atoms with Crippen LogP contribution in [0, 0.1) is 5.92 Å². The molecule has 0 saturated carbocycles. The monoisotopic (exact) mass is 288 g/mol. The maximum absolute atomic E-state index is 12.6. The molecule has 1 aromatic carbocycles. The molecule has 106 valence electrons. The van der Waals surface area contributed by atoms with Crippen LogP contribution in [0.15, 0.2) is 47.2 Å². The Labute approximate surface area is 124 Å². The Bertz CT molecular complexity index is 525. The summed E-state index contributed by atoms with van der Waals surface area (Å²) >= 11 is 1.66. The van der Waals surface area contributed by atoms with Crippen LogP contribution in [0.25, 0.3) is 0 Å². The van der Waals surface area contributed by atoms with Crippen molar-refractivity contribution in [3.63, 3.8) is 0 Å². The summed E-state index contributed by atoms with van der Waals surface area (Å²) in [6, 6.07) is 11.9. The van der Waals surface area contributed by atoms with E-state index in [0.29, 0.717) is 13.1 Å². The zero-order chi connectivity index (χ0) is 14.4. The SMILES string of the molecule is CNCC(C)C(=O)N(Cc1ccsc1)c1ccccc1. The average Bonchev–Trinajstić information content (AvgIpc) is 2.98. The summed E-state index contributed by atoms with van der Waals surface area (Å²) in [4.78, 5) is 14.5. The topological polar surface area (TPSA) is 32.3 Å². The van der Waals surface area contributed by atoms with Gasteiger partial charge in [0.25, 0.3) is 0 Å². The zero-order valence-corrected chi connectivity index (χ0v) is 12.7. The van der Waals surface area contributed by atoms with Gasteiger partial charge in [-0.05, 0) is 41.6 Å². The first-order chi connectivity index (χ1) is 9.72. The Morgan fingerprint density at radius 1 is 1.30 bits per heavy atom. The number of nitrogens with zero attached hydrogens (tertiary/aromatic N) is 1. The normalized spacial score (nSPS) is 12.1. The molecule has 0 aliphatic heterocycles. The Morgan fingerprint density at radius 3 is 2.65 bits per heavy atom. The predicted molar refractivity (Wildman–Crippen MR) is 85.0 cm³/mol. The molecule has 0 spiro atoms. The first kappa shape index (κ1) is 14.8. The van der Waals surface area contributed by atoms with E-state index < -0.39 is 0 Å². The lowest BCUT2D eigenvalue weighted by Gasteiger charge is -2.25. The van der Waals surface area contributed by atoms with Crippen LogP contribution in [0.4, 0.5) is 5.69 Å².